The number of aromatic nitrogens is 3. The van der Waals surface area contributed by atoms with E-state index in [1.165, 1.54) is 35.3 Å². The van der Waals surface area contributed by atoms with Crippen LogP contribution in [0.15, 0.2) is 47.0 Å². The molecule has 24 heavy (non-hydrogen) atoms. The zero-order valence-electron chi connectivity index (χ0n) is 13.0. The van der Waals surface area contributed by atoms with E-state index in [0.29, 0.717) is 5.13 Å². The predicted molar refractivity (Wildman–Crippen MR) is 91.5 cm³/mol. The van der Waals surface area contributed by atoms with E-state index in [-0.39, 0.29) is 16.9 Å². The highest BCUT2D eigenvalue weighted by atomic mass is 32.1. The zero-order valence-corrected chi connectivity index (χ0v) is 13.8. The van der Waals surface area contributed by atoms with Gasteiger partial charge in [0.1, 0.15) is 5.69 Å². The highest BCUT2D eigenvalue weighted by Crippen LogP contribution is 2.24. The van der Waals surface area contributed by atoms with Crippen LogP contribution in [0.5, 0.6) is 5.75 Å². The van der Waals surface area contributed by atoms with Crippen molar-refractivity contribution in [2.45, 2.75) is 0 Å². The standard InChI is InChI=1S/C16H14N4O3S/c1-20-8-14(23-2)13(21)7-12(20)15(22)19-16-18-11(9-24-16)10-3-5-17-6-4-10/h3-9H,1-2H3,(H,18,19,22). The van der Waals surface area contributed by atoms with E-state index in [4.69, 9.17) is 4.74 Å². The van der Waals surface area contributed by atoms with Crippen molar-refractivity contribution in [3.63, 3.8) is 0 Å². The van der Waals surface area contributed by atoms with Gasteiger partial charge in [0, 0.05) is 36.5 Å². The molecule has 8 heteroatoms. The fraction of sp³-hybridized carbons (Fsp3) is 0.125. The van der Waals surface area contributed by atoms with Crippen molar-refractivity contribution in [2.24, 2.45) is 7.05 Å². The summed E-state index contributed by atoms with van der Waals surface area (Å²) in [6.07, 6.45) is 4.83. The summed E-state index contributed by atoms with van der Waals surface area (Å²) in [6, 6.07) is 4.92. The van der Waals surface area contributed by atoms with Crippen molar-refractivity contribution in [2.75, 3.05) is 12.4 Å². The second-order valence-corrected chi connectivity index (χ2v) is 5.79. The molecule has 122 valence electrons. The second-order valence-electron chi connectivity index (χ2n) is 4.93. The molecule has 0 unspecified atom stereocenters. The molecule has 1 amide bonds. The number of nitrogens with zero attached hydrogens (tertiary/aromatic N) is 3. The number of nitrogens with one attached hydrogen (secondary N) is 1. The van der Waals surface area contributed by atoms with Crippen LogP contribution >= 0.6 is 11.3 Å². The van der Waals surface area contributed by atoms with Crippen LogP contribution in [0, 0.1) is 0 Å². The summed E-state index contributed by atoms with van der Waals surface area (Å²) in [5.74, 6) is -0.226. The highest BCUT2D eigenvalue weighted by Gasteiger charge is 2.14. The summed E-state index contributed by atoms with van der Waals surface area (Å²) in [4.78, 5) is 32.5. The summed E-state index contributed by atoms with van der Waals surface area (Å²) in [5, 5.41) is 5.01. The molecular weight excluding hydrogens is 328 g/mol. The molecule has 3 rings (SSSR count). The Bertz CT molecular complexity index is 934. The van der Waals surface area contributed by atoms with Crippen molar-refractivity contribution in [1.82, 2.24) is 14.5 Å². The van der Waals surface area contributed by atoms with Gasteiger partial charge in [0.2, 0.25) is 5.43 Å². The Morgan fingerprint density at radius 3 is 2.79 bits per heavy atom. The Balaban J connectivity index is 1.82. The number of thiazole rings is 1. The molecule has 3 aromatic heterocycles. The van der Waals surface area contributed by atoms with E-state index in [2.05, 4.69) is 15.3 Å². The molecule has 0 spiro atoms. The molecule has 0 bridgehead atoms. The second kappa shape index (κ2) is 6.63. The molecule has 3 aromatic rings. The molecule has 0 aromatic carbocycles. The first-order valence-electron chi connectivity index (χ1n) is 7.00. The Hall–Kier alpha value is -3.00. The molecule has 0 aliphatic heterocycles. The van der Waals surface area contributed by atoms with Crippen LogP contribution in [0.3, 0.4) is 0 Å². The molecular formula is C16H14N4O3S. The van der Waals surface area contributed by atoms with E-state index >= 15 is 0 Å². The number of hydrogen-bond donors (Lipinski definition) is 1. The minimum absolute atomic E-state index is 0.184. The van der Waals surface area contributed by atoms with Crippen LogP contribution < -0.4 is 15.5 Å². The molecule has 0 aliphatic rings. The number of hydrogen-bond acceptors (Lipinski definition) is 6. The molecule has 0 aliphatic carbocycles. The third-order valence-corrected chi connectivity index (χ3v) is 4.11. The van der Waals surface area contributed by atoms with Crippen LogP contribution in [-0.2, 0) is 7.05 Å². The summed E-state index contributed by atoms with van der Waals surface area (Å²) in [5.41, 5.74) is 1.54. The number of anilines is 1. The average Bonchev–Trinajstić information content (AvgIpc) is 3.05. The van der Waals surface area contributed by atoms with Crippen molar-refractivity contribution in [3.8, 4) is 17.0 Å². The quantitative estimate of drug-likeness (QED) is 0.785. The topological polar surface area (TPSA) is 86.1 Å². The van der Waals surface area contributed by atoms with Crippen LogP contribution in [0.4, 0.5) is 5.13 Å². The van der Waals surface area contributed by atoms with E-state index in [0.717, 1.165) is 11.3 Å². The van der Waals surface area contributed by atoms with E-state index in [1.807, 2.05) is 17.5 Å². The predicted octanol–water partition coefficient (Wildman–Crippen LogP) is 2.16. The van der Waals surface area contributed by atoms with E-state index in [9.17, 15) is 9.59 Å². The number of methoxy groups -OCH3 is 1. The molecule has 0 saturated carbocycles. The fourth-order valence-electron chi connectivity index (χ4n) is 2.13. The maximum absolute atomic E-state index is 12.4. The molecule has 0 saturated heterocycles. The molecule has 1 N–H and O–H groups in total. The monoisotopic (exact) mass is 342 g/mol. The number of amides is 1. The summed E-state index contributed by atoms with van der Waals surface area (Å²) < 4.78 is 6.49. The van der Waals surface area contributed by atoms with Gasteiger partial charge < -0.3 is 9.30 Å². The lowest BCUT2D eigenvalue weighted by Gasteiger charge is -2.09. The smallest absolute Gasteiger partial charge is 0.274 e. The Labute approximate surface area is 141 Å². The van der Waals surface area contributed by atoms with Gasteiger partial charge in [0.15, 0.2) is 10.9 Å². The summed E-state index contributed by atoms with van der Waals surface area (Å²) in [7, 11) is 3.08. The minimum atomic E-state index is -0.409. The molecule has 0 radical (unpaired) electrons. The molecule has 7 nitrogen and oxygen atoms in total. The summed E-state index contributed by atoms with van der Waals surface area (Å²) >= 11 is 1.31. The van der Waals surface area contributed by atoms with Crippen LogP contribution in [0.25, 0.3) is 11.3 Å². The normalized spacial score (nSPS) is 10.4. The lowest BCUT2D eigenvalue weighted by atomic mass is 10.2. The first kappa shape index (κ1) is 15.9. The van der Waals surface area contributed by atoms with Gasteiger partial charge in [-0.15, -0.1) is 11.3 Å². The van der Waals surface area contributed by atoms with Gasteiger partial charge in [-0.2, -0.15) is 0 Å². The lowest BCUT2D eigenvalue weighted by Crippen LogP contribution is -2.21. The Morgan fingerprint density at radius 2 is 2.08 bits per heavy atom. The third kappa shape index (κ3) is 3.18. The van der Waals surface area contributed by atoms with Gasteiger partial charge in [-0.25, -0.2) is 4.98 Å². The van der Waals surface area contributed by atoms with Gasteiger partial charge in [0.25, 0.3) is 5.91 Å². The maximum Gasteiger partial charge on any atom is 0.274 e. The highest BCUT2D eigenvalue weighted by molar-refractivity contribution is 7.14. The first-order chi connectivity index (χ1) is 11.6. The number of carbonyl (C=O) groups is 1. The lowest BCUT2D eigenvalue weighted by molar-refractivity contribution is 0.101. The Morgan fingerprint density at radius 1 is 1.33 bits per heavy atom. The number of ether oxygens (including phenoxy) is 1. The molecule has 0 fully saturated rings. The van der Waals surface area contributed by atoms with Crippen molar-refractivity contribution in [1.29, 1.82) is 0 Å². The number of rotatable bonds is 4. The zero-order chi connectivity index (χ0) is 17.1. The van der Waals surface area contributed by atoms with E-state index < -0.39 is 5.91 Å². The largest absolute Gasteiger partial charge is 0.491 e. The van der Waals surface area contributed by atoms with Gasteiger partial charge in [-0.3, -0.25) is 19.9 Å². The average molecular weight is 342 g/mol. The van der Waals surface area contributed by atoms with Crippen molar-refractivity contribution < 1.29 is 9.53 Å². The number of aryl methyl sites for hydroxylation is 1. The van der Waals surface area contributed by atoms with Gasteiger partial charge in [-0.05, 0) is 12.1 Å². The fourth-order valence-corrected chi connectivity index (χ4v) is 2.85. The van der Waals surface area contributed by atoms with Crippen LogP contribution in [-0.4, -0.2) is 27.6 Å². The maximum atomic E-state index is 12.4. The van der Waals surface area contributed by atoms with Crippen LogP contribution in [0.1, 0.15) is 10.5 Å². The van der Waals surface area contributed by atoms with Gasteiger partial charge in [-0.1, -0.05) is 0 Å². The minimum Gasteiger partial charge on any atom is -0.491 e. The van der Waals surface area contributed by atoms with E-state index in [1.54, 1.807) is 19.4 Å². The van der Waals surface area contributed by atoms with Gasteiger partial charge in [0.05, 0.1) is 19.0 Å². The first-order valence-corrected chi connectivity index (χ1v) is 7.88. The third-order valence-electron chi connectivity index (χ3n) is 3.35. The van der Waals surface area contributed by atoms with Crippen molar-refractivity contribution in [3.05, 3.63) is 58.1 Å². The number of pyridine rings is 2. The van der Waals surface area contributed by atoms with Gasteiger partial charge >= 0.3 is 0 Å². The Kier molecular flexibility index (Phi) is 4.39. The SMILES string of the molecule is COc1cn(C)c(C(=O)Nc2nc(-c3ccncc3)cs2)cc1=O. The molecule has 3 heterocycles. The summed E-state index contributed by atoms with van der Waals surface area (Å²) in [6.45, 7) is 0. The van der Waals surface area contributed by atoms with Crippen LogP contribution in [0.2, 0.25) is 0 Å². The van der Waals surface area contributed by atoms with Crippen molar-refractivity contribution >= 4 is 22.4 Å². The molecule has 0 atom stereocenters. The number of carbonyl (C=O) groups excluding carboxylic acids is 1.